The Bertz CT molecular complexity index is 662. The molecule has 0 radical (unpaired) electrons. The van der Waals surface area contributed by atoms with E-state index in [1.54, 1.807) is 19.5 Å². The minimum Gasteiger partial charge on any atom is -0.493 e. The maximum Gasteiger partial charge on any atom is 0.233 e. The summed E-state index contributed by atoms with van der Waals surface area (Å²) < 4.78 is 11.2. The molecule has 1 heterocycles. The topological polar surface area (TPSA) is 72.5 Å². The van der Waals surface area contributed by atoms with Crippen molar-refractivity contribution in [2.24, 2.45) is 0 Å². The van der Waals surface area contributed by atoms with E-state index in [0.29, 0.717) is 31.2 Å². The van der Waals surface area contributed by atoms with Gasteiger partial charge in [0, 0.05) is 31.0 Å². The van der Waals surface area contributed by atoms with E-state index in [0.717, 1.165) is 17.5 Å². The molecule has 0 saturated heterocycles. The summed E-state index contributed by atoms with van der Waals surface area (Å²) in [6, 6.07) is 9.57. The minimum absolute atomic E-state index is 0.00316. The Hall–Kier alpha value is -2.60. The van der Waals surface area contributed by atoms with Crippen molar-refractivity contribution in [1.82, 2.24) is 15.6 Å². The lowest BCUT2D eigenvalue weighted by atomic mass is 10.2. The quantitative estimate of drug-likeness (QED) is 0.692. The minimum atomic E-state index is 0.00316. The van der Waals surface area contributed by atoms with E-state index in [9.17, 15) is 4.79 Å². The number of amides is 1. The standard InChI is InChI=1S/C19H25N3O3/c1-3-8-22-19(23)13-21-11-15-6-7-17(24-2)18(10-15)25-14-16-5-4-9-20-12-16/h4-7,9-10,12,21H,3,8,11,13-14H2,1-2H3,(H,22,23). The van der Waals surface area contributed by atoms with Crippen LogP contribution in [0.3, 0.4) is 0 Å². The van der Waals surface area contributed by atoms with E-state index in [1.165, 1.54) is 0 Å². The predicted octanol–water partition coefficient (Wildman–Crippen LogP) is 2.28. The van der Waals surface area contributed by atoms with Gasteiger partial charge in [-0.15, -0.1) is 0 Å². The Morgan fingerprint density at radius 1 is 1.20 bits per heavy atom. The number of carbonyl (C=O) groups is 1. The van der Waals surface area contributed by atoms with Crippen LogP contribution < -0.4 is 20.1 Å². The molecular formula is C19H25N3O3. The van der Waals surface area contributed by atoms with Gasteiger partial charge in [-0.1, -0.05) is 19.1 Å². The third-order valence-electron chi connectivity index (χ3n) is 3.53. The van der Waals surface area contributed by atoms with Gasteiger partial charge in [0.05, 0.1) is 13.7 Å². The molecule has 2 aromatic rings. The molecule has 0 atom stereocenters. The fourth-order valence-corrected chi connectivity index (χ4v) is 2.24. The van der Waals surface area contributed by atoms with Gasteiger partial charge < -0.3 is 20.1 Å². The smallest absolute Gasteiger partial charge is 0.233 e. The number of benzene rings is 1. The van der Waals surface area contributed by atoms with Crippen LogP contribution in [-0.4, -0.2) is 31.1 Å². The lowest BCUT2D eigenvalue weighted by molar-refractivity contribution is -0.120. The van der Waals surface area contributed by atoms with Crippen LogP contribution in [0.1, 0.15) is 24.5 Å². The highest BCUT2D eigenvalue weighted by molar-refractivity contribution is 5.77. The largest absolute Gasteiger partial charge is 0.493 e. The van der Waals surface area contributed by atoms with Crippen molar-refractivity contribution in [1.29, 1.82) is 0 Å². The zero-order valence-corrected chi connectivity index (χ0v) is 14.7. The zero-order valence-electron chi connectivity index (χ0n) is 14.7. The lowest BCUT2D eigenvalue weighted by Gasteiger charge is -2.13. The number of nitrogens with zero attached hydrogens (tertiary/aromatic N) is 1. The van der Waals surface area contributed by atoms with Crippen LogP contribution in [0.5, 0.6) is 11.5 Å². The van der Waals surface area contributed by atoms with Gasteiger partial charge in [-0.05, 0) is 30.2 Å². The molecule has 2 rings (SSSR count). The molecule has 1 aromatic carbocycles. The van der Waals surface area contributed by atoms with Crippen molar-refractivity contribution in [3.8, 4) is 11.5 Å². The van der Waals surface area contributed by atoms with Gasteiger partial charge in [0.15, 0.2) is 11.5 Å². The van der Waals surface area contributed by atoms with Gasteiger partial charge >= 0.3 is 0 Å². The first-order valence-electron chi connectivity index (χ1n) is 8.39. The molecule has 25 heavy (non-hydrogen) atoms. The van der Waals surface area contributed by atoms with Crippen molar-refractivity contribution in [2.45, 2.75) is 26.5 Å². The summed E-state index contributed by atoms with van der Waals surface area (Å²) in [5.41, 5.74) is 2.01. The molecular weight excluding hydrogens is 318 g/mol. The fourth-order valence-electron chi connectivity index (χ4n) is 2.24. The van der Waals surface area contributed by atoms with Crippen LogP contribution in [0.2, 0.25) is 0 Å². The average molecular weight is 343 g/mol. The number of rotatable bonds is 10. The second-order valence-electron chi connectivity index (χ2n) is 5.59. The highest BCUT2D eigenvalue weighted by atomic mass is 16.5. The molecule has 0 aliphatic carbocycles. The normalized spacial score (nSPS) is 10.3. The Labute approximate surface area is 148 Å². The number of nitrogens with one attached hydrogen (secondary N) is 2. The number of methoxy groups -OCH3 is 1. The number of hydrogen-bond acceptors (Lipinski definition) is 5. The van der Waals surface area contributed by atoms with E-state index >= 15 is 0 Å². The maximum absolute atomic E-state index is 11.6. The molecule has 0 bridgehead atoms. The van der Waals surface area contributed by atoms with Gasteiger partial charge in [0.2, 0.25) is 5.91 Å². The molecule has 1 aromatic heterocycles. The van der Waals surface area contributed by atoms with Crippen LogP contribution in [0.15, 0.2) is 42.7 Å². The van der Waals surface area contributed by atoms with Crippen molar-refractivity contribution in [3.05, 3.63) is 53.9 Å². The summed E-state index contributed by atoms with van der Waals surface area (Å²) in [5.74, 6) is 1.35. The summed E-state index contributed by atoms with van der Waals surface area (Å²) in [6.07, 6.45) is 4.43. The Balaban J connectivity index is 1.90. The first-order valence-corrected chi connectivity index (χ1v) is 8.39. The van der Waals surface area contributed by atoms with E-state index in [2.05, 4.69) is 15.6 Å². The van der Waals surface area contributed by atoms with Crippen LogP contribution >= 0.6 is 0 Å². The second-order valence-corrected chi connectivity index (χ2v) is 5.59. The first-order chi connectivity index (χ1) is 12.2. The number of aromatic nitrogens is 1. The SMILES string of the molecule is CCCNC(=O)CNCc1ccc(OC)c(OCc2cccnc2)c1. The summed E-state index contributed by atoms with van der Waals surface area (Å²) in [4.78, 5) is 15.7. The highest BCUT2D eigenvalue weighted by Crippen LogP contribution is 2.28. The molecule has 134 valence electrons. The summed E-state index contributed by atoms with van der Waals surface area (Å²) in [6.45, 7) is 4.01. The van der Waals surface area contributed by atoms with Gasteiger partial charge in [0.25, 0.3) is 0 Å². The zero-order chi connectivity index (χ0) is 17.9. The molecule has 6 heteroatoms. The average Bonchev–Trinajstić information content (AvgIpc) is 2.65. The van der Waals surface area contributed by atoms with Crippen molar-refractivity contribution >= 4 is 5.91 Å². The Morgan fingerprint density at radius 3 is 2.80 bits per heavy atom. The monoisotopic (exact) mass is 343 g/mol. The highest BCUT2D eigenvalue weighted by Gasteiger charge is 2.07. The molecule has 6 nitrogen and oxygen atoms in total. The van der Waals surface area contributed by atoms with Crippen molar-refractivity contribution in [3.63, 3.8) is 0 Å². The molecule has 0 aliphatic heterocycles. The van der Waals surface area contributed by atoms with Crippen LogP contribution in [-0.2, 0) is 17.9 Å². The van der Waals surface area contributed by atoms with Gasteiger partial charge in [0.1, 0.15) is 6.61 Å². The van der Waals surface area contributed by atoms with Crippen molar-refractivity contribution in [2.75, 3.05) is 20.2 Å². The Kier molecular flexibility index (Phi) is 7.72. The molecule has 0 fully saturated rings. The summed E-state index contributed by atoms with van der Waals surface area (Å²) in [7, 11) is 1.61. The number of pyridine rings is 1. The molecule has 0 unspecified atom stereocenters. The maximum atomic E-state index is 11.6. The lowest BCUT2D eigenvalue weighted by Crippen LogP contribution is -2.33. The van der Waals surface area contributed by atoms with Gasteiger partial charge in [-0.3, -0.25) is 9.78 Å². The van der Waals surface area contributed by atoms with Crippen LogP contribution in [0, 0.1) is 0 Å². The van der Waals surface area contributed by atoms with Gasteiger partial charge in [-0.25, -0.2) is 0 Å². The molecule has 0 spiro atoms. The van der Waals surface area contributed by atoms with Crippen LogP contribution in [0.25, 0.3) is 0 Å². The number of carbonyl (C=O) groups excluding carboxylic acids is 1. The summed E-state index contributed by atoms with van der Waals surface area (Å²) >= 11 is 0. The van der Waals surface area contributed by atoms with E-state index < -0.39 is 0 Å². The molecule has 0 saturated carbocycles. The Morgan fingerprint density at radius 2 is 2.08 bits per heavy atom. The van der Waals surface area contributed by atoms with E-state index in [-0.39, 0.29) is 12.5 Å². The number of hydrogen-bond donors (Lipinski definition) is 2. The number of ether oxygens (including phenoxy) is 2. The first kappa shape index (κ1) is 18.7. The third kappa shape index (κ3) is 6.43. The van der Waals surface area contributed by atoms with E-state index in [4.69, 9.17) is 9.47 Å². The summed E-state index contributed by atoms with van der Waals surface area (Å²) in [5, 5.41) is 5.97. The second kappa shape index (κ2) is 10.3. The van der Waals surface area contributed by atoms with Gasteiger partial charge in [-0.2, -0.15) is 0 Å². The predicted molar refractivity (Wildman–Crippen MR) is 96.6 cm³/mol. The molecule has 1 amide bonds. The molecule has 0 aliphatic rings. The van der Waals surface area contributed by atoms with E-state index in [1.807, 2.05) is 37.3 Å². The molecule has 2 N–H and O–H groups in total. The fraction of sp³-hybridized carbons (Fsp3) is 0.368. The van der Waals surface area contributed by atoms with Crippen molar-refractivity contribution < 1.29 is 14.3 Å². The third-order valence-corrected chi connectivity index (χ3v) is 3.53. The van der Waals surface area contributed by atoms with Crippen LogP contribution in [0.4, 0.5) is 0 Å².